The molecule has 0 aromatic heterocycles. The van der Waals surface area contributed by atoms with Crippen molar-refractivity contribution < 1.29 is 42.9 Å². The number of nitrogens with one attached hydrogen (secondary N) is 2. The van der Waals surface area contributed by atoms with Crippen molar-refractivity contribution in [3.63, 3.8) is 0 Å². The molecular formula is C39H66N6O9. The Morgan fingerprint density at radius 1 is 0.648 bits per heavy atom. The van der Waals surface area contributed by atoms with Crippen molar-refractivity contribution in [2.75, 3.05) is 65.4 Å². The van der Waals surface area contributed by atoms with E-state index in [0.717, 1.165) is 0 Å². The monoisotopic (exact) mass is 762 g/mol. The summed E-state index contributed by atoms with van der Waals surface area (Å²) >= 11 is 0. The largest absolute Gasteiger partial charge is 0.444 e. The van der Waals surface area contributed by atoms with Crippen molar-refractivity contribution in [2.45, 2.75) is 112 Å². The van der Waals surface area contributed by atoms with Gasteiger partial charge in [0.15, 0.2) is 0 Å². The predicted octanol–water partition coefficient (Wildman–Crippen LogP) is 5.72. The van der Waals surface area contributed by atoms with Crippen LogP contribution >= 0.6 is 0 Å². The molecule has 5 amide bonds. The molecule has 15 nitrogen and oxygen atoms in total. The third-order valence-electron chi connectivity index (χ3n) is 7.83. The van der Waals surface area contributed by atoms with E-state index in [2.05, 4.69) is 15.5 Å². The maximum Gasteiger partial charge on any atom is 0.413 e. The number of carbonyl (C=O) groups is 5. The minimum Gasteiger partial charge on any atom is -0.444 e. The fourth-order valence-corrected chi connectivity index (χ4v) is 5.31. The van der Waals surface area contributed by atoms with Gasteiger partial charge in [0.1, 0.15) is 28.6 Å². The van der Waals surface area contributed by atoms with Crippen LogP contribution in [-0.2, 0) is 19.0 Å². The molecule has 0 radical (unpaired) electrons. The van der Waals surface area contributed by atoms with Crippen molar-refractivity contribution in [1.82, 2.24) is 30.2 Å². The molecule has 1 aromatic carbocycles. The summed E-state index contributed by atoms with van der Waals surface area (Å²) in [5.41, 5.74) is -2.19. The lowest BCUT2D eigenvalue weighted by atomic mass is 10.0. The summed E-state index contributed by atoms with van der Waals surface area (Å²) in [6, 6.07) is 7.86. The van der Waals surface area contributed by atoms with E-state index in [0.29, 0.717) is 57.9 Å². The third kappa shape index (κ3) is 19.2. The Kier molecular flexibility index (Phi) is 17.8. The number of para-hydroxylation sites is 1. The Hall–Kier alpha value is -4.27. The number of ether oxygens (including phenoxy) is 4. The van der Waals surface area contributed by atoms with E-state index in [1.165, 1.54) is 4.90 Å². The van der Waals surface area contributed by atoms with Gasteiger partial charge in [0.2, 0.25) is 5.91 Å². The Balaban J connectivity index is 2.20. The normalized spacial score (nSPS) is 16.0. The van der Waals surface area contributed by atoms with Crippen molar-refractivity contribution in [2.24, 2.45) is 5.92 Å². The van der Waals surface area contributed by atoms with Crippen LogP contribution in [0.2, 0.25) is 0 Å². The van der Waals surface area contributed by atoms with Crippen LogP contribution in [0.3, 0.4) is 0 Å². The Bertz CT molecular complexity index is 1310. The topological polar surface area (TPSA) is 159 Å². The van der Waals surface area contributed by atoms with Crippen LogP contribution in [0, 0.1) is 5.92 Å². The van der Waals surface area contributed by atoms with Crippen LogP contribution in [-0.4, -0.2) is 138 Å². The standard InChI is InChI=1S/C39H66N6O9/c1-29(2)28-31(41-33(47)51-30-16-13-12-14-17-30)32(46)40-18-15-19-42-20-22-43(34(48)52-37(3,4)5)24-26-45(36(50)54-39(9,10)11)27-25-44(23-21-42)35(49)53-38(6,7)8/h12-14,16-17,29,31H,15,18-28H2,1-11H3,(H,40,46)(H,41,47)/t31-/m1/s1. The predicted molar refractivity (Wildman–Crippen MR) is 206 cm³/mol. The highest BCUT2D eigenvalue weighted by atomic mass is 16.6. The van der Waals surface area contributed by atoms with E-state index in [1.807, 2.05) is 19.9 Å². The average Bonchev–Trinajstić information content (AvgIpc) is 3.01. The molecule has 0 bridgehead atoms. The molecule has 2 N–H and O–H groups in total. The maximum absolute atomic E-state index is 13.4. The van der Waals surface area contributed by atoms with E-state index in [4.69, 9.17) is 18.9 Å². The van der Waals surface area contributed by atoms with Gasteiger partial charge in [-0.1, -0.05) is 32.0 Å². The minimum atomic E-state index is -0.784. The molecule has 54 heavy (non-hydrogen) atoms. The Morgan fingerprint density at radius 3 is 1.44 bits per heavy atom. The van der Waals surface area contributed by atoms with Gasteiger partial charge in [0.25, 0.3) is 0 Å². The summed E-state index contributed by atoms with van der Waals surface area (Å²) in [7, 11) is 0. The molecular weight excluding hydrogens is 696 g/mol. The van der Waals surface area contributed by atoms with E-state index >= 15 is 0 Å². The van der Waals surface area contributed by atoms with Gasteiger partial charge >= 0.3 is 24.4 Å². The molecule has 1 fully saturated rings. The molecule has 15 heteroatoms. The average molecular weight is 763 g/mol. The van der Waals surface area contributed by atoms with Gasteiger partial charge in [0.05, 0.1) is 0 Å². The van der Waals surface area contributed by atoms with E-state index in [1.54, 1.807) is 96.4 Å². The molecule has 0 spiro atoms. The van der Waals surface area contributed by atoms with Gasteiger partial charge in [-0.05, 0) is 99.8 Å². The number of hydrogen-bond donors (Lipinski definition) is 2. The Labute approximate surface area is 322 Å². The highest BCUT2D eigenvalue weighted by Crippen LogP contribution is 2.16. The highest BCUT2D eigenvalue weighted by Gasteiger charge is 2.30. The lowest BCUT2D eigenvalue weighted by Gasteiger charge is -2.35. The van der Waals surface area contributed by atoms with Crippen LogP contribution in [0.25, 0.3) is 0 Å². The first-order chi connectivity index (χ1) is 25.0. The van der Waals surface area contributed by atoms with Gasteiger partial charge in [-0.3, -0.25) is 9.69 Å². The maximum atomic E-state index is 13.4. The van der Waals surface area contributed by atoms with E-state index in [9.17, 15) is 24.0 Å². The number of rotatable bonds is 9. The second kappa shape index (κ2) is 21.0. The number of amides is 5. The number of carbonyl (C=O) groups excluding carboxylic acids is 5. The van der Waals surface area contributed by atoms with Crippen molar-refractivity contribution in [3.05, 3.63) is 30.3 Å². The zero-order chi connectivity index (χ0) is 40.7. The molecule has 306 valence electrons. The van der Waals surface area contributed by atoms with Crippen LogP contribution in [0.5, 0.6) is 5.75 Å². The summed E-state index contributed by atoms with van der Waals surface area (Å²) < 4.78 is 22.5. The fourth-order valence-electron chi connectivity index (χ4n) is 5.31. The van der Waals surface area contributed by atoms with Gasteiger partial charge in [-0.2, -0.15) is 0 Å². The lowest BCUT2D eigenvalue weighted by molar-refractivity contribution is -0.123. The zero-order valence-electron chi connectivity index (χ0n) is 34.5. The SMILES string of the molecule is CC(C)C[C@@H](NC(=O)Oc1ccccc1)C(=O)NCCCN1CCN(C(=O)OC(C)(C)C)CCN(C(=O)OC(C)(C)C)CCN(C(=O)OC(C)(C)C)CC1. The van der Waals surface area contributed by atoms with Crippen LogP contribution in [0.4, 0.5) is 19.2 Å². The van der Waals surface area contributed by atoms with Crippen molar-refractivity contribution in [3.8, 4) is 5.75 Å². The Morgan fingerprint density at radius 2 is 1.06 bits per heavy atom. The zero-order valence-corrected chi connectivity index (χ0v) is 34.5. The quantitative estimate of drug-likeness (QED) is 0.235. The van der Waals surface area contributed by atoms with Gasteiger partial charge in [0, 0.05) is 58.9 Å². The summed E-state index contributed by atoms with van der Waals surface area (Å²) in [4.78, 5) is 72.6. The van der Waals surface area contributed by atoms with Gasteiger partial charge in [-0.15, -0.1) is 0 Å². The molecule has 1 heterocycles. The smallest absolute Gasteiger partial charge is 0.413 e. The number of benzene rings is 1. The molecule has 1 saturated heterocycles. The second-order valence-corrected chi connectivity index (χ2v) is 16.9. The summed E-state index contributed by atoms with van der Waals surface area (Å²) in [6.45, 7) is 23.1. The first-order valence-electron chi connectivity index (χ1n) is 19.0. The summed E-state index contributed by atoms with van der Waals surface area (Å²) in [5, 5.41) is 5.64. The number of hydrogen-bond acceptors (Lipinski definition) is 10. The van der Waals surface area contributed by atoms with Crippen LogP contribution < -0.4 is 15.4 Å². The minimum absolute atomic E-state index is 0.136. The second-order valence-electron chi connectivity index (χ2n) is 16.9. The fraction of sp³-hybridized carbons (Fsp3) is 0.718. The van der Waals surface area contributed by atoms with E-state index < -0.39 is 47.2 Å². The molecule has 1 atom stereocenters. The van der Waals surface area contributed by atoms with Gasteiger partial charge in [-0.25, -0.2) is 19.2 Å². The van der Waals surface area contributed by atoms with Crippen molar-refractivity contribution >= 4 is 30.3 Å². The number of nitrogens with zero attached hydrogens (tertiary/aromatic N) is 4. The molecule has 2 rings (SSSR count). The first kappa shape index (κ1) is 45.9. The van der Waals surface area contributed by atoms with Gasteiger partial charge < -0.3 is 44.3 Å². The summed E-state index contributed by atoms with van der Waals surface area (Å²) in [5.74, 6) is 0.196. The van der Waals surface area contributed by atoms with Crippen LogP contribution in [0.15, 0.2) is 30.3 Å². The molecule has 1 aliphatic rings. The summed E-state index contributed by atoms with van der Waals surface area (Å²) in [6.07, 6.45) is -1.27. The molecule has 0 unspecified atom stereocenters. The lowest BCUT2D eigenvalue weighted by Crippen LogP contribution is -2.51. The van der Waals surface area contributed by atoms with Crippen LogP contribution in [0.1, 0.15) is 89.0 Å². The molecule has 0 saturated carbocycles. The highest BCUT2D eigenvalue weighted by molar-refractivity contribution is 5.86. The van der Waals surface area contributed by atoms with Crippen molar-refractivity contribution in [1.29, 1.82) is 0 Å². The first-order valence-corrected chi connectivity index (χ1v) is 19.0. The third-order valence-corrected chi connectivity index (χ3v) is 7.83. The molecule has 0 aliphatic carbocycles. The molecule has 1 aliphatic heterocycles. The molecule has 1 aromatic rings. The van der Waals surface area contributed by atoms with E-state index in [-0.39, 0.29) is 38.0 Å².